The van der Waals surface area contributed by atoms with Crippen molar-refractivity contribution in [2.24, 2.45) is 0 Å². The molecule has 7 heteroatoms. The van der Waals surface area contributed by atoms with Crippen LogP contribution in [0.3, 0.4) is 0 Å². The molecule has 4 rings (SSSR count). The van der Waals surface area contributed by atoms with Crippen molar-refractivity contribution in [1.29, 1.82) is 0 Å². The van der Waals surface area contributed by atoms with Crippen LogP contribution in [0, 0.1) is 11.6 Å². The maximum atomic E-state index is 14.3. The van der Waals surface area contributed by atoms with Gasteiger partial charge in [-0.2, -0.15) is 4.39 Å². The zero-order valence-electron chi connectivity index (χ0n) is 12.7. The van der Waals surface area contributed by atoms with Gasteiger partial charge in [0.25, 0.3) is 0 Å². The van der Waals surface area contributed by atoms with Crippen molar-refractivity contribution in [3.05, 3.63) is 75.6 Å². The summed E-state index contributed by atoms with van der Waals surface area (Å²) in [5.41, 5.74) is -0.597. The normalized spacial score (nSPS) is 15.8. The molecule has 1 aliphatic heterocycles. The Morgan fingerprint density at radius 1 is 1.24 bits per heavy atom. The van der Waals surface area contributed by atoms with Crippen LogP contribution in [-0.4, -0.2) is 15.6 Å². The van der Waals surface area contributed by atoms with Gasteiger partial charge in [-0.25, -0.2) is 9.18 Å². The van der Waals surface area contributed by atoms with Crippen LogP contribution in [0.25, 0.3) is 10.9 Å². The molecule has 0 amide bonds. The summed E-state index contributed by atoms with van der Waals surface area (Å²) in [7, 11) is 0. The molecule has 3 aromatic rings. The number of hydrogen-bond acceptors (Lipinski definition) is 3. The van der Waals surface area contributed by atoms with Gasteiger partial charge in [0.15, 0.2) is 11.6 Å². The highest BCUT2D eigenvalue weighted by Gasteiger charge is 2.30. The van der Waals surface area contributed by atoms with Crippen LogP contribution in [0.4, 0.5) is 8.78 Å². The minimum atomic E-state index is -1.43. The van der Waals surface area contributed by atoms with Crippen molar-refractivity contribution >= 4 is 16.9 Å². The fraction of sp³-hybridized carbons (Fsp3) is 0.111. The summed E-state index contributed by atoms with van der Waals surface area (Å²) in [6.07, 6.45) is 0.504. The zero-order valence-corrected chi connectivity index (χ0v) is 12.7. The lowest BCUT2D eigenvalue weighted by atomic mass is 10.0. The van der Waals surface area contributed by atoms with E-state index in [0.717, 1.165) is 11.8 Å². The van der Waals surface area contributed by atoms with Crippen LogP contribution >= 0.6 is 0 Å². The van der Waals surface area contributed by atoms with Gasteiger partial charge in [0.2, 0.25) is 11.2 Å². The second-order valence-electron chi connectivity index (χ2n) is 5.74. The number of nitrogens with zero attached hydrogens (tertiary/aromatic N) is 1. The summed E-state index contributed by atoms with van der Waals surface area (Å²) in [4.78, 5) is 23.6. The van der Waals surface area contributed by atoms with E-state index in [4.69, 9.17) is 4.74 Å². The third kappa shape index (κ3) is 2.27. The van der Waals surface area contributed by atoms with E-state index in [2.05, 4.69) is 0 Å². The van der Waals surface area contributed by atoms with Crippen LogP contribution in [0.2, 0.25) is 0 Å². The number of aromatic carboxylic acids is 1. The number of benzene rings is 2. The molecule has 0 bridgehead atoms. The smallest absolute Gasteiger partial charge is 0.341 e. The minimum absolute atomic E-state index is 0.0566. The number of carboxylic acid groups (broad SMARTS) is 1. The summed E-state index contributed by atoms with van der Waals surface area (Å²) in [6.45, 7) is 0.166. The van der Waals surface area contributed by atoms with Crippen molar-refractivity contribution in [3.63, 3.8) is 0 Å². The second kappa shape index (κ2) is 5.41. The number of carbonyl (C=O) groups is 1. The largest absolute Gasteiger partial charge is 0.478 e. The van der Waals surface area contributed by atoms with Crippen LogP contribution in [0.15, 0.2) is 47.4 Å². The van der Waals surface area contributed by atoms with Gasteiger partial charge in [-0.3, -0.25) is 4.79 Å². The Morgan fingerprint density at radius 3 is 2.64 bits per heavy atom. The molecule has 1 aliphatic rings. The second-order valence-corrected chi connectivity index (χ2v) is 5.74. The summed E-state index contributed by atoms with van der Waals surface area (Å²) < 4.78 is 35.3. The lowest BCUT2D eigenvalue weighted by Gasteiger charge is -2.29. The number of rotatable bonds is 2. The van der Waals surface area contributed by atoms with E-state index in [-0.39, 0.29) is 23.2 Å². The molecule has 0 aliphatic carbocycles. The number of hydrogen-bond donors (Lipinski definition) is 1. The third-order valence-corrected chi connectivity index (χ3v) is 4.24. The fourth-order valence-electron chi connectivity index (χ4n) is 3.08. The predicted molar refractivity (Wildman–Crippen MR) is 84.9 cm³/mol. The molecule has 1 atom stereocenters. The maximum Gasteiger partial charge on any atom is 0.341 e. The highest BCUT2D eigenvalue weighted by Crippen LogP contribution is 2.38. The van der Waals surface area contributed by atoms with E-state index in [1.165, 1.54) is 4.57 Å². The van der Waals surface area contributed by atoms with Crippen molar-refractivity contribution in [2.45, 2.75) is 12.6 Å². The molecule has 2 heterocycles. The SMILES string of the molecule is O=C(O)c1cn2c3c(c(F)c(F)cc3c1=O)O[C@@H](c1ccccc1)C2. The highest BCUT2D eigenvalue weighted by molar-refractivity contribution is 5.94. The summed E-state index contributed by atoms with van der Waals surface area (Å²) >= 11 is 0. The monoisotopic (exact) mass is 343 g/mol. The molecule has 0 unspecified atom stereocenters. The first-order valence-electron chi connectivity index (χ1n) is 7.47. The van der Waals surface area contributed by atoms with E-state index in [1.807, 2.05) is 0 Å². The summed E-state index contributed by atoms with van der Waals surface area (Å²) in [6, 6.07) is 9.61. The lowest BCUT2D eigenvalue weighted by Crippen LogP contribution is -2.27. The van der Waals surface area contributed by atoms with E-state index in [9.17, 15) is 23.5 Å². The van der Waals surface area contributed by atoms with E-state index < -0.39 is 34.7 Å². The molecule has 2 aromatic carbocycles. The molecule has 0 radical (unpaired) electrons. The first kappa shape index (κ1) is 15.3. The summed E-state index contributed by atoms with van der Waals surface area (Å²) in [5, 5.41) is 9.00. The molecule has 25 heavy (non-hydrogen) atoms. The maximum absolute atomic E-state index is 14.3. The molecule has 1 N–H and O–H groups in total. The van der Waals surface area contributed by atoms with Gasteiger partial charge >= 0.3 is 5.97 Å². The fourth-order valence-corrected chi connectivity index (χ4v) is 3.08. The number of halogens is 2. The standard InChI is InChI=1S/C18H11F2NO4/c19-12-6-10-15-17(14(12)20)25-13(9-4-2-1-3-5-9)8-21(15)7-11(16(10)22)18(23)24/h1-7,13H,8H2,(H,23,24)/t13-/m1/s1. The molecule has 5 nitrogen and oxygen atoms in total. The summed E-state index contributed by atoms with van der Waals surface area (Å²) in [5.74, 6) is -4.28. The molecule has 0 saturated heterocycles. The minimum Gasteiger partial charge on any atom is -0.478 e. The lowest BCUT2D eigenvalue weighted by molar-refractivity contribution is 0.0694. The number of ether oxygens (including phenoxy) is 1. The van der Waals surface area contributed by atoms with Crippen LogP contribution in [-0.2, 0) is 6.54 Å². The Bertz CT molecular complexity index is 1080. The predicted octanol–water partition coefficient (Wildman–Crippen LogP) is 3.11. The Hall–Kier alpha value is -3.22. The molecule has 1 aromatic heterocycles. The van der Waals surface area contributed by atoms with Crippen LogP contribution in [0.5, 0.6) is 5.75 Å². The highest BCUT2D eigenvalue weighted by atomic mass is 19.2. The van der Waals surface area contributed by atoms with Crippen molar-refractivity contribution in [2.75, 3.05) is 0 Å². The molecular weight excluding hydrogens is 332 g/mol. The van der Waals surface area contributed by atoms with Gasteiger partial charge in [0, 0.05) is 6.20 Å². The topological polar surface area (TPSA) is 68.5 Å². The molecular formula is C18H11F2NO4. The Kier molecular flexibility index (Phi) is 3.31. The number of carboxylic acids is 1. The quantitative estimate of drug-likeness (QED) is 0.776. The van der Waals surface area contributed by atoms with Crippen LogP contribution in [0.1, 0.15) is 22.0 Å². The average molecular weight is 343 g/mol. The van der Waals surface area contributed by atoms with Crippen molar-refractivity contribution in [1.82, 2.24) is 4.57 Å². The van der Waals surface area contributed by atoms with Gasteiger partial charge in [-0.05, 0) is 11.6 Å². The van der Waals surface area contributed by atoms with Gasteiger partial charge in [-0.1, -0.05) is 30.3 Å². The third-order valence-electron chi connectivity index (χ3n) is 4.24. The number of aromatic nitrogens is 1. The van der Waals surface area contributed by atoms with Crippen molar-refractivity contribution < 1.29 is 23.4 Å². The van der Waals surface area contributed by atoms with Gasteiger partial charge in [0.05, 0.1) is 17.4 Å². The van der Waals surface area contributed by atoms with Gasteiger partial charge in [0.1, 0.15) is 11.7 Å². The van der Waals surface area contributed by atoms with Gasteiger partial charge in [-0.15, -0.1) is 0 Å². The zero-order chi connectivity index (χ0) is 17.7. The molecule has 0 spiro atoms. The Labute approximate surface area is 139 Å². The molecule has 0 fully saturated rings. The Morgan fingerprint density at radius 2 is 1.96 bits per heavy atom. The van der Waals surface area contributed by atoms with E-state index in [1.54, 1.807) is 30.3 Å². The molecule has 0 saturated carbocycles. The number of pyridine rings is 1. The van der Waals surface area contributed by atoms with Crippen LogP contribution < -0.4 is 10.2 Å². The van der Waals surface area contributed by atoms with Gasteiger partial charge < -0.3 is 14.4 Å². The van der Waals surface area contributed by atoms with Crippen molar-refractivity contribution in [3.8, 4) is 5.75 Å². The average Bonchev–Trinajstić information content (AvgIpc) is 2.61. The Balaban J connectivity index is 2.02. The molecule has 126 valence electrons. The van der Waals surface area contributed by atoms with E-state index in [0.29, 0.717) is 6.07 Å². The first-order valence-corrected chi connectivity index (χ1v) is 7.47. The van der Waals surface area contributed by atoms with E-state index >= 15 is 0 Å². The first-order chi connectivity index (χ1) is 12.0.